The van der Waals surface area contributed by atoms with E-state index in [4.69, 9.17) is 32.8 Å². The Kier molecular flexibility index (Phi) is 10.9. The average Bonchev–Trinajstić information content (AvgIpc) is 3.67. The van der Waals surface area contributed by atoms with Crippen molar-refractivity contribution in [2.45, 2.75) is 120 Å². The van der Waals surface area contributed by atoms with E-state index in [1.54, 1.807) is 7.11 Å². The summed E-state index contributed by atoms with van der Waals surface area (Å²) in [5, 5.41) is 11.1. The second-order valence-corrected chi connectivity index (χ2v) is 25.9. The molecule has 50 heavy (non-hydrogen) atoms. The molecule has 8 nitrogen and oxygen atoms in total. The van der Waals surface area contributed by atoms with Gasteiger partial charge in [0.1, 0.15) is 31.8 Å². The highest BCUT2D eigenvalue weighted by molar-refractivity contribution is 6.83. The van der Waals surface area contributed by atoms with Crippen molar-refractivity contribution in [2.24, 2.45) is 0 Å². The van der Waals surface area contributed by atoms with Gasteiger partial charge in [0, 0.05) is 11.1 Å². The number of ether oxygens (including phenoxy) is 6. The van der Waals surface area contributed by atoms with Crippen molar-refractivity contribution in [3.63, 3.8) is 0 Å². The molecule has 2 aromatic rings. The second kappa shape index (κ2) is 14.3. The summed E-state index contributed by atoms with van der Waals surface area (Å²) in [4.78, 5) is 0. The minimum atomic E-state index is -2.19. The van der Waals surface area contributed by atoms with Crippen molar-refractivity contribution in [1.82, 2.24) is 0 Å². The van der Waals surface area contributed by atoms with Crippen LogP contribution in [0.2, 0.25) is 37.8 Å². The van der Waals surface area contributed by atoms with Gasteiger partial charge in [0.05, 0.1) is 20.3 Å². The van der Waals surface area contributed by atoms with E-state index in [2.05, 4.69) is 76.8 Å². The minimum absolute atomic E-state index is 0.0250. The fraction of sp³-hybridized carbons (Fsp3) is 0.550. The predicted molar refractivity (Wildman–Crippen MR) is 200 cm³/mol. The monoisotopic (exact) mass is 718 g/mol. The van der Waals surface area contributed by atoms with Crippen LogP contribution in [0.3, 0.4) is 0 Å². The Morgan fingerprint density at radius 2 is 1.64 bits per heavy atom. The van der Waals surface area contributed by atoms with Gasteiger partial charge in [-0.3, -0.25) is 0 Å². The van der Waals surface area contributed by atoms with Gasteiger partial charge in [-0.15, -0.1) is 5.54 Å². The van der Waals surface area contributed by atoms with Crippen molar-refractivity contribution in [3.05, 3.63) is 71.8 Å². The molecule has 6 atom stereocenters. The Bertz CT molecular complexity index is 1650. The average molecular weight is 719 g/mol. The first-order valence-electron chi connectivity index (χ1n) is 17.4. The van der Waals surface area contributed by atoms with Crippen LogP contribution in [0, 0.1) is 23.3 Å². The van der Waals surface area contributed by atoms with Crippen LogP contribution in [-0.2, 0) is 23.4 Å². The molecule has 270 valence electrons. The van der Waals surface area contributed by atoms with Crippen LogP contribution in [0.15, 0.2) is 66.2 Å². The van der Waals surface area contributed by atoms with Crippen LogP contribution >= 0.6 is 0 Å². The van der Waals surface area contributed by atoms with Gasteiger partial charge in [-0.1, -0.05) is 94.6 Å². The van der Waals surface area contributed by atoms with Crippen LogP contribution in [0.5, 0.6) is 11.5 Å². The molecule has 0 saturated carbocycles. The highest BCUT2D eigenvalue weighted by atomic mass is 28.4. The third-order valence-electron chi connectivity index (χ3n) is 9.80. The number of rotatable bonds is 9. The number of aliphatic hydroxyl groups excluding tert-OH is 1. The lowest BCUT2D eigenvalue weighted by Crippen LogP contribution is -2.52. The molecular formula is C40H54O8Si2. The van der Waals surface area contributed by atoms with Crippen molar-refractivity contribution in [3.8, 4) is 34.8 Å². The number of aliphatic hydroxyl groups is 1. The Morgan fingerprint density at radius 3 is 2.24 bits per heavy atom. The van der Waals surface area contributed by atoms with Crippen molar-refractivity contribution < 1.29 is 38.0 Å². The maximum atomic E-state index is 11.1. The fourth-order valence-electron chi connectivity index (χ4n) is 6.01. The first kappa shape index (κ1) is 38.3. The van der Waals surface area contributed by atoms with Gasteiger partial charge >= 0.3 is 0 Å². The summed E-state index contributed by atoms with van der Waals surface area (Å²) in [6, 6.07) is 17.1. The third kappa shape index (κ3) is 8.09. The maximum Gasteiger partial charge on any atom is 0.194 e. The predicted octanol–water partition coefficient (Wildman–Crippen LogP) is 7.41. The van der Waals surface area contributed by atoms with Gasteiger partial charge in [0.2, 0.25) is 0 Å². The molecule has 1 aliphatic carbocycles. The molecule has 2 saturated heterocycles. The van der Waals surface area contributed by atoms with E-state index in [1.807, 2.05) is 74.5 Å². The van der Waals surface area contributed by atoms with Gasteiger partial charge in [-0.05, 0) is 62.7 Å². The quantitative estimate of drug-likeness (QED) is 0.212. The molecule has 2 fully saturated rings. The number of methoxy groups -OCH3 is 1. The molecule has 0 spiro atoms. The number of fused-ring (bicyclic) bond motifs is 1. The molecule has 0 radical (unpaired) electrons. The molecule has 0 amide bonds. The number of hydrogen-bond acceptors (Lipinski definition) is 8. The van der Waals surface area contributed by atoms with E-state index in [-0.39, 0.29) is 17.7 Å². The van der Waals surface area contributed by atoms with Crippen LogP contribution in [0.4, 0.5) is 0 Å². The molecule has 2 aromatic carbocycles. The van der Waals surface area contributed by atoms with Crippen molar-refractivity contribution in [1.29, 1.82) is 0 Å². The Labute approximate surface area is 300 Å². The van der Waals surface area contributed by atoms with E-state index < -0.39 is 58.5 Å². The van der Waals surface area contributed by atoms with Gasteiger partial charge in [0.15, 0.2) is 37.7 Å². The van der Waals surface area contributed by atoms with Crippen LogP contribution < -0.4 is 9.47 Å². The highest BCUT2D eigenvalue weighted by Gasteiger charge is 2.63. The molecule has 3 aliphatic rings. The summed E-state index contributed by atoms with van der Waals surface area (Å²) in [7, 11) is -2.39. The smallest absolute Gasteiger partial charge is 0.194 e. The molecule has 0 aromatic heterocycles. The number of para-hydroxylation sites is 1. The normalized spacial score (nSPS) is 28.1. The number of benzene rings is 2. The molecule has 10 heteroatoms. The fourth-order valence-corrected chi connectivity index (χ4v) is 7.58. The Balaban J connectivity index is 1.57. The maximum absolute atomic E-state index is 11.1. The van der Waals surface area contributed by atoms with Gasteiger partial charge < -0.3 is 38.0 Å². The molecule has 2 aliphatic heterocycles. The Hall–Kier alpha value is -2.91. The molecule has 0 bridgehead atoms. The van der Waals surface area contributed by atoms with Crippen LogP contribution in [0.25, 0.3) is 0 Å². The lowest BCUT2D eigenvalue weighted by Gasteiger charge is -2.38. The SMILES string of the molecule is COc1ccc([C@@H]2O[C@H](CO[Si](C)(C)C(C)(C)C)[C@](C#CC3=CC[C@H]4OC(C)(C)O[C@@]34[C@@H](C#C[Si](C)(C)C)Oc3ccccc3)(CO)O2)cc1. The summed E-state index contributed by atoms with van der Waals surface area (Å²) in [5.74, 6) is 10.7. The van der Waals surface area contributed by atoms with E-state index in [9.17, 15) is 5.11 Å². The first-order valence-corrected chi connectivity index (χ1v) is 23.8. The number of hydrogen-bond donors (Lipinski definition) is 1. The molecule has 5 rings (SSSR count). The van der Waals surface area contributed by atoms with Crippen LogP contribution in [0.1, 0.15) is 52.9 Å². The molecule has 2 heterocycles. The van der Waals surface area contributed by atoms with Crippen molar-refractivity contribution in [2.75, 3.05) is 20.3 Å². The molecule has 0 unspecified atom stereocenters. The summed E-state index contributed by atoms with van der Waals surface area (Å²) in [6.45, 7) is 21.2. The van der Waals surface area contributed by atoms with E-state index in [0.717, 1.165) is 11.3 Å². The Morgan fingerprint density at radius 1 is 0.960 bits per heavy atom. The lowest BCUT2D eigenvalue weighted by atomic mass is 9.86. The highest BCUT2D eigenvalue weighted by Crippen LogP contribution is 2.50. The summed E-state index contributed by atoms with van der Waals surface area (Å²) in [6.07, 6.45) is 0.0238. The summed E-state index contributed by atoms with van der Waals surface area (Å²) < 4.78 is 45.2. The summed E-state index contributed by atoms with van der Waals surface area (Å²) in [5.41, 5.74) is 2.45. The second-order valence-electron chi connectivity index (χ2n) is 16.3. The molecular weight excluding hydrogens is 665 g/mol. The van der Waals surface area contributed by atoms with Gasteiger partial charge in [0.25, 0.3) is 0 Å². The summed E-state index contributed by atoms with van der Waals surface area (Å²) >= 11 is 0. The van der Waals surface area contributed by atoms with E-state index >= 15 is 0 Å². The standard InChI is InChI=1S/C40H54O8Si2/c1-37(2,3)50(10,11)43-27-35-39(28-41,47-36(45-35)29-17-20-31(42-6)21-18-29)25-23-30-19-22-34-40(30,48-38(4,5)46-34)33(24-26-49(7,8)9)44-32-15-13-12-14-16-32/h12-21,33-36,41H,22,27-28H2,1-11H3/t33-,34-,35-,36-,39+,40-/m1/s1. The van der Waals surface area contributed by atoms with Crippen molar-refractivity contribution >= 4 is 16.4 Å². The van der Waals surface area contributed by atoms with E-state index in [1.165, 1.54) is 0 Å². The van der Waals surface area contributed by atoms with Gasteiger partial charge in [-0.25, -0.2) is 0 Å². The zero-order valence-electron chi connectivity index (χ0n) is 31.5. The minimum Gasteiger partial charge on any atom is -0.497 e. The zero-order chi connectivity index (χ0) is 36.6. The van der Waals surface area contributed by atoms with E-state index in [0.29, 0.717) is 17.7 Å². The largest absolute Gasteiger partial charge is 0.497 e. The third-order valence-corrected chi connectivity index (χ3v) is 15.2. The van der Waals surface area contributed by atoms with Crippen LogP contribution in [-0.4, -0.2) is 77.1 Å². The lowest BCUT2D eigenvalue weighted by molar-refractivity contribution is -0.166. The topological polar surface area (TPSA) is 84.8 Å². The molecule has 1 N–H and O–H groups in total. The first-order chi connectivity index (χ1) is 23.3. The van der Waals surface area contributed by atoms with Gasteiger partial charge in [-0.2, -0.15) is 0 Å². The zero-order valence-corrected chi connectivity index (χ0v) is 33.5.